The van der Waals surface area contributed by atoms with Crippen LogP contribution in [-0.4, -0.2) is 17.0 Å². The summed E-state index contributed by atoms with van der Waals surface area (Å²) < 4.78 is 4.65. The smallest absolute Gasteiger partial charge is 0.330 e. The molecule has 1 rings (SSSR count). The molecule has 0 N–H and O–H groups in total. The maximum atomic E-state index is 10.3. The lowest BCUT2D eigenvalue weighted by atomic mass is 10.4. The number of rotatable bonds is 2. The summed E-state index contributed by atoms with van der Waals surface area (Å²) in [5.41, 5.74) is -0.116. The van der Waals surface area contributed by atoms with Crippen molar-refractivity contribution in [3.8, 4) is 5.88 Å². The van der Waals surface area contributed by atoms with E-state index in [1.165, 1.54) is 25.4 Å². The highest BCUT2D eigenvalue weighted by molar-refractivity contribution is 5.39. The molecule has 5 heteroatoms. The molecular formula is C6H6N2O3. The van der Waals surface area contributed by atoms with Gasteiger partial charge < -0.3 is 4.74 Å². The molecule has 0 unspecified atom stereocenters. The van der Waals surface area contributed by atoms with Crippen LogP contribution in [0.3, 0.4) is 0 Å². The van der Waals surface area contributed by atoms with Crippen molar-refractivity contribution in [3.63, 3.8) is 0 Å². The predicted molar refractivity (Wildman–Crippen MR) is 37.4 cm³/mol. The van der Waals surface area contributed by atoms with Gasteiger partial charge in [0.2, 0.25) is 0 Å². The van der Waals surface area contributed by atoms with Crippen molar-refractivity contribution < 1.29 is 9.66 Å². The lowest BCUT2D eigenvalue weighted by Gasteiger charge is -1.96. The molecule has 0 atom stereocenters. The van der Waals surface area contributed by atoms with Crippen LogP contribution in [-0.2, 0) is 0 Å². The van der Waals surface area contributed by atoms with E-state index in [4.69, 9.17) is 0 Å². The van der Waals surface area contributed by atoms with Crippen molar-refractivity contribution in [2.75, 3.05) is 7.11 Å². The standard InChI is InChI=1S/C6H6N2O3/c1-11-6-5(8(9)10)3-2-4-7-6/h2-4H,1H3. The maximum absolute atomic E-state index is 10.3. The number of aromatic nitrogens is 1. The molecule has 0 saturated carbocycles. The van der Waals surface area contributed by atoms with E-state index in [-0.39, 0.29) is 11.6 Å². The Bertz CT molecular complexity index is 274. The summed E-state index contributed by atoms with van der Waals surface area (Å²) in [4.78, 5) is 13.4. The lowest BCUT2D eigenvalue weighted by molar-refractivity contribution is -0.386. The van der Waals surface area contributed by atoms with Crippen LogP contribution in [0, 0.1) is 10.1 Å². The largest absolute Gasteiger partial charge is 0.476 e. The highest BCUT2D eigenvalue weighted by atomic mass is 16.6. The molecule has 0 spiro atoms. The second-order valence-corrected chi connectivity index (χ2v) is 1.79. The predicted octanol–water partition coefficient (Wildman–Crippen LogP) is 0.998. The first kappa shape index (κ1) is 7.46. The molecule has 0 aromatic carbocycles. The van der Waals surface area contributed by atoms with Crippen LogP contribution >= 0.6 is 0 Å². The Labute approximate surface area is 62.8 Å². The third-order valence-electron chi connectivity index (χ3n) is 1.14. The fourth-order valence-corrected chi connectivity index (χ4v) is 0.679. The first-order valence-electron chi connectivity index (χ1n) is 2.89. The fraction of sp³-hybridized carbons (Fsp3) is 0.167. The highest BCUT2D eigenvalue weighted by Crippen LogP contribution is 2.21. The Hall–Kier alpha value is -1.65. The average molecular weight is 154 g/mol. The summed E-state index contributed by atoms with van der Waals surface area (Å²) in [7, 11) is 1.34. The molecule has 0 aliphatic rings. The van der Waals surface area contributed by atoms with Crippen molar-refractivity contribution in [2.24, 2.45) is 0 Å². The normalized spacial score (nSPS) is 9.18. The quantitative estimate of drug-likeness (QED) is 0.470. The van der Waals surface area contributed by atoms with Gasteiger partial charge >= 0.3 is 5.69 Å². The molecule has 0 amide bonds. The van der Waals surface area contributed by atoms with Gasteiger partial charge in [-0.15, -0.1) is 0 Å². The van der Waals surface area contributed by atoms with Crippen LogP contribution in [0.15, 0.2) is 18.3 Å². The van der Waals surface area contributed by atoms with E-state index < -0.39 is 4.92 Å². The Morgan fingerprint density at radius 1 is 1.73 bits per heavy atom. The zero-order valence-corrected chi connectivity index (χ0v) is 5.85. The Morgan fingerprint density at radius 3 is 2.91 bits per heavy atom. The van der Waals surface area contributed by atoms with Crippen molar-refractivity contribution in [3.05, 3.63) is 28.4 Å². The molecule has 11 heavy (non-hydrogen) atoms. The third kappa shape index (κ3) is 1.43. The molecule has 0 bridgehead atoms. The van der Waals surface area contributed by atoms with Crippen LogP contribution < -0.4 is 4.74 Å². The minimum atomic E-state index is -0.536. The van der Waals surface area contributed by atoms with Gasteiger partial charge in [-0.3, -0.25) is 10.1 Å². The van der Waals surface area contributed by atoms with Gasteiger partial charge in [0.25, 0.3) is 5.88 Å². The number of ether oxygens (including phenoxy) is 1. The average Bonchev–Trinajstić information content (AvgIpc) is 2.04. The third-order valence-corrected chi connectivity index (χ3v) is 1.14. The van der Waals surface area contributed by atoms with Gasteiger partial charge in [-0.1, -0.05) is 0 Å². The molecular weight excluding hydrogens is 148 g/mol. The van der Waals surface area contributed by atoms with Crippen molar-refractivity contribution >= 4 is 5.69 Å². The molecule has 0 saturated heterocycles. The van der Waals surface area contributed by atoms with Crippen LogP contribution in [0.5, 0.6) is 5.88 Å². The van der Waals surface area contributed by atoms with Crippen LogP contribution in [0.2, 0.25) is 0 Å². The molecule has 1 aromatic rings. The molecule has 0 fully saturated rings. The lowest BCUT2D eigenvalue weighted by Crippen LogP contribution is -1.94. The van der Waals surface area contributed by atoms with E-state index in [9.17, 15) is 10.1 Å². The van der Waals surface area contributed by atoms with E-state index in [0.29, 0.717) is 0 Å². The monoisotopic (exact) mass is 154 g/mol. The van der Waals surface area contributed by atoms with Crippen LogP contribution in [0.4, 0.5) is 5.69 Å². The minimum absolute atomic E-state index is 0.0394. The van der Waals surface area contributed by atoms with Gasteiger partial charge in [-0.25, -0.2) is 4.98 Å². The first-order chi connectivity index (χ1) is 5.25. The van der Waals surface area contributed by atoms with E-state index in [1.807, 2.05) is 0 Å². The van der Waals surface area contributed by atoms with Crippen molar-refractivity contribution in [1.29, 1.82) is 0 Å². The molecule has 5 nitrogen and oxygen atoms in total. The number of nitrogens with zero attached hydrogens (tertiary/aromatic N) is 2. The van der Waals surface area contributed by atoms with Gasteiger partial charge in [0, 0.05) is 12.3 Å². The van der Waals surface area contributed by atoms with E-state index >= 15 is 0 Å². The van der Waals surface area contributed by atoms with Gasteiger partial charge in [-0.05, 0) is 6.07 Å². The summed E-state index contributed by atoms with van der Waals surface area (Å²) >= 11 is 0. The molecule has 1 aromatic heterocycles. The van der Waals surface area contributed by atoms with Gasteiger partial charge in [0.15, 0.2) is 0 Å². The second kappa shape index (κ2) is 2.96. The molecule has 1 heterocycles. The van der Waals surface area contributed by atoms with E-state index in [0.717, 1.165) is 0 Å². The van der Waals surface area contributed by atoms with Crippen molar-refractivity contribution in [2.45, 2.75) is 0 Å². The van der Waals surface area contributed by atoms with Gasteiger partial charge in [-0.2, -0.15) is 0 Å². The molecule has 0 aliphatic heterocycles. The van der Waals surface area contributed by atoms with Crippen LogP contribution in [0.1, 0.15) is 0 Å². The molecule has 0 radical (unpaired) electrons. The summed E-state index contributed by atoms with van der Waals surface area (Å²) in [6.07, 6.45) is 1.44. The number of hydrogen-bond donors (Lipinski definition) is 0. The SMILES string of the molecule is COc1ncccc1[N+](=O)[O-]. The summed E-state index contributed by atoms with van der Waals surface area (Å²) in [5, 5.41) is 10.3. The summed E-state index contributed by atoms with van der Waals surface area (Å²) in [5.74, 6) is 0.0394. The highest BCUT2D eigenvalue weighted by Gasteiger charge is 2.13. The number of pyridine rings is 1. The molecule has 0 aliphatic carbocycles. The number of hydrogen-bond acceptors (Lipinski definition) is 4. The number of methoxy groups -OCH3 is 1. The maximum Gasteiger partial charge on any atom is 0.330 e. The topological polar surface area (TPSA) is 65.3 Å². The Kier molecular flexibility index (Phi) is 2.00. The van der Waals surface area contributed by atoms with Gasteiger partial charge in [0.05, 0.1) is 12.0 Å². The zero-order chi connectivity index (χ0) is 8.27. The van der Waals surface area contributed by atoms with Crippen LogP contribution in [0.25, 0.3) is 0 Å². The second-order valence-electron chi connectivity index (χ2n) is 1.79. The van der Waals surface area contributed by atoms with Gasteiger partial charge in [0.1, 0.15) is 0 Å². The van der Waals surface area contributed by atoms with E-state index in [1.54, 1.807) is 0 Å². The minimum Gasteiger partial charge on any atom is -0.476 e. The number of nitro groups is 1. The molecule has 58 valence electrons. The van der Waals surface area contributed by atoms with Crippen molar-refractivity contribution in [1.82, 2.24) is 4.98 Å². The Balaban J connectivity index is 3.12. The fourth-order valence-electron chi connectivity index (χ4n) is 0.679. The Morgan fingerprint density at radius 2 is 2.45 bits per heavy atom. The first-order valence-corrected chi connectivity index (χ1v) is 2.89. The van der Waals surface area contributed by atoms with E-state index in [2.05, 4.69) is 9.72 Å². The summed E-state index contributed by atoms with van der Waals surface area (Å²) in [6.45, 7) is 0. The summed E-state index contributed by atoms with van der Waals surface area (Å²) in [6, 6.07) is 2.83. The zero-order valence-electron chi connectivity index (χ0n) is 5.85.